The second-order valence-electron chi connectivity index (χ2n) is 8.19. The van der Waals surface area contributed by atoms with Gasteiger partial charge in [0, 0.05) is 12.7 Å². The topological polar surface area (TPSA) is 85.4 Å². The lowest BCUT2D eigenvalue weighted by atomic mass is 9.87. The van der Waals surface area contributed by atoms with Gasteiger partial charge in [0.15, 0.2) is 0 Å². The summed E-state index contributed by atoms with van der Waals surface area (Å²) in [4.78, 5) is 16.5. The third kappa shape index (κ3) is 6.23. The molecule has 3 rings (SSSR count). The number of aromatic nitrogens is 1. The predicted octanol–water partition coefficient (Wildman–Crippen LogP) is 4.21. The number of carbonyl (C=O) groups is 1. The van der Waals surface area contributed by atoms with Crippen LogP contribution in [0.4, 0.5) is 0 Å². The smallest absolute Gasteiger partial charge is 0.338 e. The van der Waals surface area contributed by atoms with E-state index >= 15 is 0 Å². The van der Waals surface area contributed by atoms with Crippen molar-refractivity contribution in [3.8, 4) is 0 Å². The average Bonchev–Trinajstić information content (AvgIpc) is 2.77. The van der Waals surface area contributed by atoms with Crippen molar-refractivity contribution in [3.63, 3.8) is 0 Å². The van der Waals surface area contributed by atoms with E-state index in [1.54, 1.807) is 54.7 Å². The lowest BCUT2D eigenvalue weighted by Crippen LogP contribution is -2.23. The number of hydrogen-bond acceptors (Lipinski definition) is 5. The summed E-state index contributed by atoms with van der Waals surface area (Å²) in [5, 5.41) is 0. The van der Waals surface area contributed by atoms with Crippen molar-refractivity contribution in [2.24, 2.45) is 0 Å². The highest BCUT2D eigenvalue weighted by molar-refractivity contribution is 7.89. The van der Waals surface area contributed by atoms with Gasteiger partial charge in [-0.2, -0.15) is 0 Å². The number of benzene rings is 2. The maximum atomic E-state index is 12.6. The molecular formula is C24H26N2O4S. The third-order valence-electron chi connectivity index (χ3n) is 4.76. The van der Waals surface area contributed by atoms with E-state index in [1.807, 2.05) is 18.2 Å². The number of sulfonamides is 1. The molecule has 0 aliphatic rings. The fourth-order valence-electron chi connectivity index (χ4n) is 2.86. The molecule has 0 unspecified atom stereocenters. The number of nitrogens with one attached hydrogen (secondary N) is 1. The largest absolute Gasteiger partial charge is 0.456 e. The summed E-state index contributed by atoms with van der Waals surface area (Å²) < 4.78 is 33.0. The zero-order chi connectivity index (χ0) is 22.5. The minimum atomic E-state index is -3.64. The Morgan fingerprint density at radius 2 is 1.65 bits per heavy atom. The standard InChI is InChI=1S/C24H26N2O4S/c1-24(2,3)20-11-13-22(14-12-20)31(28,29)26-16-18-7-9-19(10-8-18)23(27)30-17-21-6-4-5-15-25-21/h4-15,26H,16-17H2,1-3H3. The van der Waals surface area contributed by atoms with Crippen LogP contribution in [0.1, 0.15) is 48.0 Å². The Balaban J connectivity index is 1.57. The van der Waals surface area contributed by atoms with Crippen molar-refractivity contribution in [2.75, 3.05) is 0 Å². The molecule has 0 bridgehead atoms. The number of nitrogens with zero attached hydrogens (tertiary/aromatic N) is 1. The van der Waals surface area contributed by atoms with Gasteiger partial charge in [0.2, 0.25) is 10.0 Å². The Labute approximate surface area is 183 Å². The minimum absolute atomic E-state index is 0.0454. The first-order chi connectivity index (χ1) is 14.6. The van der Waals surface area contributed by atoms with Crippen LogP contribution in [-0.4, -0.2) is 19.4 Å². The molecule has 0 aliphatic carbocycles. The van der Waals surface area contributed by atoms with Crippen molar-refractivity contribution >= 4 is 16.0 Å². The van der Waals surface area contributed by atoms with E-state index < -0.39 is 16.0 Å². The van der Waals surface area contributed by atoms with Crippen LogP contribution in [0.2, 0.25) is 0 Å². The summed E-state index contributed by atoms with van der Waals surface area (Å²) in [7, 11) is -3.64. The number of rotatable bonds is 7. The van der Waals surface area contributed by atoms with Crippen molar-refractivity contribution < 1.29 is 17.9 Å². The van der Waals surface area contributed by atoms with Crippen LogP contribution < -0.4 is 4.72 Å². The lowest BCUT2D eigenvalue weighted by molar-refractivity contribution is 0.0467. The maximum absolute atomic E-state index is 12.6. The Morgan fingerprint density at radius 1 is 0.968 bits per heavy atom. The van der Waals surface area contributed by atoms with E-state index in [2.05, 4.69) is 30.5 Å². The molecule has 6 nitrogen and oxygen atoms in total. The van der Waals surface area contributed by atoms with Gasteiger partial charge in [-0.05, 0) is 52.9 Å². The van der Waals surface area contributed by atoms with Crippen LogP contribution in [0.25, 0.3) is 0 Å². The van der Waals surface area contributed by atoms with Gasteiger partial charge < -0.3 is 4.74 Å². The van der Waals surface area contributed by atoms with Crippen molar-refractivity contribution in [3.05, 3.63) is 95.3 Å². The van der Waals surface area contributed by atoms with Gasteiger partial charge >= 0.3 is 5.97 Å². The van der Waals surface area contributed by atoms with Gasteiger partial charge in [0.25, 0.3) is 0 Å². The number of carbonyl (C=O) groups excluding carboxylic acids is 1. The first-order valence-electron chi connectivity index (χ1n) is 9.91. The second kappa shape index (κ2) is 9.41. The van der Waals surface area contributed by atoms with Gasteiger partial charge in [0.05, 0.1) is 16.2 Å². The molecule has 1 aromatic heterocycles. The molecule has 0 spiro atoms. The fraction of sp³-hybridized carbons (Fsp3) is 0.250. The van der Waals surface area contributed by atoms with Crippen LogP contribution in [0.5, 0.6) is 0 Å². The van der Waals surface area contributed by atoms with Crippen LogP contribution in [-0.2, 0) is 33.3 Å². The van der Waals surface area contributed by atoms with Gasteiger partial charge in [-0.25, -0.2) is 17.9 Å². The molecule has 0 aliphatic heterocycles. The van der Waals surface area contributed by atoms with E-state index in [9.17, 15) is 13.2 Å². The highest BCUT2D eigenvalue weighted by Crippen LogP contribution is 2.23. The third-order valence-corrected chi connectivity index (χ3v) is 6.18. The summed E-state index contributed by atoms with van der Waals surface area (Å²) in [5.41, 5.74) is 2.81. The van der Waals surface area contributed by atoms with E-state index in [4.69, 9.17) is 4.74 Å². The molecule has 0 saturated heterocycles. The van der Waals surface area contributed by atoms with E-state index in [0.29, 0.717) is 11.3 Å². The molecule has 1 heterocycles. The molecule has 7 heteroatoms. The molecule has 1 N–H and O–H groups in total. The summed E-state index contributed by atoms with van der Waals surface area (Å²) >= 11 is 0. The molecule has 2 aromatic carbocycles. The monoisotopic (exact) mass is 438 g/mol. The first kappa shape index (κ1) is 22.7. The Morgan fingerprint density at radius 3 is 2.23 bits per heavy atom. The number of pyridine rings is 1. The molecule has 0 atom stereocenters. The van der Waals surface area contributed by atoms with Crippen LogP contribution in [0.3, 0.4) is 0 Å². The normalized spacial score (nSPS) is 11.8. The van der Waals surface area contributed by atoms with Crippen molar-refractivity contribution in [1.29, 1.82) is 0 Å². The average molecular weight is 439 g/mol. The lowest BCUT2D eigenvalue weighted by Gasteiger charge is -2.19. The molecular weight excluding hydrogens is 412 g/mol. The second-order valence-corrected chi connectivity index (χ2v) is 9.96. The Hall–Kier alpha value is -3.03. The molecule has 3 aromatic rings. The minimum Gasteiger partial charge on any atom is -0.456 e. The molecule has 0 amide bonds. The Kier molecular flexibility index (Phi) is 6.87. The van der Waals surface area contributed by atoms with Crippen LogP contribution >= 0.6 is 0 Å². The molecule has 31 heavy (non-hydrogen) atoms. The zero-order valence-corrected chi connectivity index (χ0v) is 18.6. The van der Waals surface area contributed by atoms with Crippen molar-refractivity contribution in [2.45, 2.75) is 44.2 Å². The van der Waals surface area contributed by atoms with Crippen LogP contribution in [0, 0.1) is 0 Å². The fourth-order valence-corrected chi connectivity index (χ4v) is 3.88. The molecule has 0 radical (unpaired) electrons. The van der Waals surface area contributed by atoms with Gasteiger partial charge in [0.1, 0.15) is 6.61 Å². The van der Waals surface area contributed by atoms with E-state index in [-0.39, 0.29) is 23.5 Å². The first-order valence-corrected chi connectivity index (χ1v) is 11.4. The predicted molar refractivity (Wildman–Crippen MR) is 119 cm³/mol. The SMILES string of the molecule is CC(C)(C)c1ccc(S(=O)(=O)NCc2ccc(C(=O)OCc3ccccn3)cc2)cc1. The highest BCUT2D eigenvalue weighted by Gasteiger charge is 2.17. The van der Waals surface area contributed by atoms with Gasteiger partial charge in [-0.3, -0.25) is 4.98 Å². The Bertz CT molecular complexity index is 1120. The summed E-state index contributed by atoms with van der Waals surface area (Å²) in [6.45, 7) is 6.44. The summed E-state index contributed by atoms with van der Waals surface area (Å²) in [6, 6.07) is 18.9. The number of esters is 1. The highest BCUT2D eigenvalue weighted by atomic mass is 32.2. The number of hydrogen-bond donors (Lipinski definition) is 1. The summed E-state index contributed by atoms with van der Waals surface area (Å²) in [6.07, 6.45) is 1.64. The van der Waals surface area contributed by atoms with E-state index in [0.717, 1.165) is 11.1 Å². The van der Waals surface area contributed by atoms with E-state index in [1.165, 1.54) is 0 Å². The quantitative estimate of drug-likeness (QED) is 0.559. The van der Waals surface area contributed by atoms with Gasteiger partial charge in [-0.15, -0.1) is 0 Å². The van der Waals surface area contributed by atoms with Crippen LogP contribution in [0.15, 0.2) is 77.8 Å². The van der Waals surface area contributed by atoms with Gasteiger partial charge in [-0.1, -0.05) is 51.1 Å². The zero-order valence-electron chi connectivity index (χ0n) is 17.8. The maximum Gasteiger partial charge on any atom is 0.338 e. The molecule has 162 valence electrons. The number of ether oxygens (including phenoxy) is 1. The van der Waals surface area contributed by atoms with Crippen molar-refractivity contribution in [1.82, 2.24) is 9.71 Å². The molecule has 0 fully saturated rings. The summed E-state index contributed by atoms with van der Waals surface area (Å²) in [5.74, 6) is -0.461. The molecule has 0 saturated carbocycles.